The van der Waals surface area contributed by atoms with Crippen molar-refractivity contribution in [3.05, 3.63) is 23.8 Å². The maximum absolute atomic E-state index is 12.5. The molecule has 1 aromatic carbocycles. The zero-order valence-electron chi connectivity index (χ0n) is 14.6. The number of rotatable bonds is 10. The van der Waals surface area contributed by atoms with E-state index in [4.69, 9.17) is 5.73 Å². The Bertz CT molecular complexity index is 546. The van der Waals surface area contributed by atoms with Gasteiger partial charge in [0.15, 0.2) is 0 Å². The minimum Gasteiger partial charge on any atom is -0.507 e. The van der Waals surface area contributed by atoms with Crippen molar-refractivity contribution in [3.8, 4) is 5.75 Å². The molecule has 1 aromatic rings. The van der Waals surface area contributed by atoms with Gasteiger partial charge in [-0.25, -0.2) is 0 Å². The number of phenolic OH excluding ortho intramolecular Hbond substituents is 1. The van der Waals surface area contributed by atoms with Crippen LogP contribution in [0.3, 0.4) is 0 Å². The second-order valence-corrected chi connectivity index (χ2v) is 5.92. The third-order valence-corrected chi connectivity index (χ3v) is 4.02. The van der Waals surface area contributed by atoms with Crippen LogP contribution in [0.5, 0.6) is 5.75 Å². The molecule has 0 aliphatic heterocycles. The first kappa shape index (κ1) is 20.0. The van der Waals surface area contributed by atoms with Crippen LogP contribution >= 0.6 is 0 Å². The largest absolute Gasteiger partial charge is 0.507 e. The summed E-state index contributed by atoms with van der Waals surface area (Å²) in [7, 11) is 1.49. The Kier molecular flexibility index (Phi) is 8.86. The Morgan fingerprint density at radius 3 is 2.54 bits per heavy atom. The fraction of sp³-hybridized carbons (Fsp3) is 0.556. The number of hydrogen-bond acceptors (Lipinski definition) is 4. The third-order valence-electron chi connectivity index (χ3n) is 4.02. The topological polar surface area (TPSA) is 104 Å². The van der Waals surface area contributed by atoms with E-state index in [0.29, 0.717) is 12.2 Å². The Morgan fingerprint density at radius 1 is 1.21 bits per heavy atom. The van der Waals surface area contributed by atoms with Gasteiger partial charge in [-0.2, -0.15) is 0 Å². The van der Waals surface area contributed by atoms with Gasteiger partial charge >= 0.3 is 0 Å². The number of carbonyl (C=O) groups excluding carboxylic acids is 2. The highest BCUT2D eigenvalue weighted by atomic mass is 16.3. The van der Waals surface area contributed by atoms with Crippen LogP contribution < -0.4 is 16.4 Å². The molecule has 134 valence electrons. The Balaban J connectivity index is 2.79. The number of carbonyl (C=O) groups is 2. The fourth-order valence-electron chi connectivity index (χ4n) is 2.57. The summed E-state index contributed by atoms with van der Waals surface area (Å²) in [5.74, 6) is -0.616. The number of aromatic hydroxyl groups is 1. The zero-order chi connectivity index (χ0) is 17.9. The molecule has 5 N–H and O–H groups in total. The van der Waals surface area contributed by atoms with E-state index in [0.717, 1.165) is 38.5 Å². The normalized spacial score (nSPS) is 11.8. The molecule has 0 unspecified atom stereocenters. The summed E-state index contributed by atoms with van der Waals surface area (Å²) in [4.78, 5) is 24.3. The van der Waals surface area contributed by atoms with Gasteiger partial charge in [0.2, 0.25) is 5.91 Å². The summed E-state index contributed by atoms with van der Waals surface area (Å²) in [6, 6.07) is 4.49. The number of nitrogens with one attached hydrogen (secondary N) is 2. The van der Waals surface area contributed by atoms with Crippen LogP contribution in [0.15, 0.2) is 18.2 Å². The molecule has 0 spiro atoms. The number of hydrogen-bond donors (Lipinski definition) is 4. The molecule has 0 radical (unpaired) electrons. The standard InChI is InChI=1S/C18H29N3O3/c1-3-4-7-13(8-5-6-11-19)17(23)21-14-9-10-16(22)15(12-14)18(24)20-2/h9-10,12-13,22H,3-8,11,19H2,1-2H3,(H,20,24)(H,21,23)/t13-/m0/s1. The van der Waals surface area contributed by atoms with Crippen molar-refractivity contribution in [2.75, 3.05) is 18.9 Å². The van der Waals surface area contributed by atoms with Crippen LogP contribution in [0.2, 0.25) is 0 Å². The average Bonchev–Trinajstić information content (AvgIpc) is 2.58. The number of anilines is 1. The highest BCUT2D eigenvalue weighted by Gasteiger charge is 2.19. The van der Waals surface area contributed by atoms with Gasteiger partial charge in [-0.15, -0.1) is 0 Å². The fourth-order valence-corrected chi connectivity index (χ4v) is 2.57. The molecule has 0 saturated heterocycles. The summed E-state index contributed by atoms with van der Waals surface area (Å²) in [5, 5.41) is 15.1. The van der Waals surface area contributed by atoms with Gasteiger partial charge in [-0.1, -0.05) is 26.2 Å². The number of benzene rings is 1. The maximum Gasteiger partial charge on any atom is 0.254 e. The molecule has 2 amide bonds. The van der Waals surface area contributed by atoms with E-state index in [1.54, 1.807) is 6.07 Å². The number of nitrogens with two attached hydrogens (primary N) is 1. The SMILES string of the molecule is CCCC[C@@H](CCCCN)C(=O)Nc1ccc(O)c(C(=O)NC)c1. The quantitative estimate of drug-likeness (QED) is 0.390. The molecular weight excluding hydrogens is 306 g/mol. The van der Waals surface area contributed by atoms with E-state index in [2.05, 4.69) is 17.6 Å². The molecule has 0 fully saturated rings. The minimum atomic E-state index is -0.394. The molecule has 0 aliphatic carbocycles. The van der Waals surface area contributed by atoms with Crippen LogP contribution in [0.25, 0.3) is 0 Å². The van der Waals surface area contributed by atoms with Crippen molar-refractivity contribution in [1.82, 2.24) is 5.32 Å². The molecule has 0 saturated carbocycles. The summed E-state index contributed by atoms with van der Waals surface area (Å²) < 4.78 is 0. The Morgan fingerprint density at radius 2 is 1.92 bits per heavy atom. The molecule has 0 heterocycles. The molecule has 0 bridgehead atoms. The molecule has 1 rings (SSSR count). The second kappa shape index (κ2) is 10.6. The van der Waals surface area contributed by atoms with E-state index in [1.807, 2.05) is 0 Å². The molecule has 0 aromatic heterocycles. The van der Waals surface area contributed by atoms with Gasteiger partial charge in [-0.05, 0) is 44.0 Å². The Labute approximate surface area is 143 Å². The molecule has 6 nitrogen and oxygen atoms in total. The first-order valence-corrected chi connectivity index (χ1v) is 8.59. The smallest absolute Gasteiger partial charge is 0.254 e. The van der Waals surface area contributed by atoms with Crippen molar-refractivity contribution in [1.29, 1.82) is 0 Å². The van der Waals surface area contributed by atoms with Crippen molar-refractivity contribution in [3.63, 3.8) is 0 Å². The van der Waals surface area contributed by atoms with Crippen molar-refractivity contribution in [2.45, 2.75) is 45.4 Å². The van der Waals surface area contributed by atoms with Gasteiger partial charge in [0, 0.05) is 18.7 Å². The molecule has 0 aliphatic rings. The monoisotopic (exact) mass is 335 g/mol. The first-order valence-electron chi connectivity index (χ1n) is 8.59. The lowest BCUT2D eigenvalue weighted by atomic mass is 9.95. The molecule has 24 heavy (non-hydrogen) atoms. The lowest BCUT2D eigenvalue weighted by molar-refractivity contribution is -0.120. The number of phenols is 1. The van der Waals surface area contributed by atoms with E-state index in [1.165, 1.54) is 19.2 Å². The van der Waals surface area contributed by atoms with E-state index in [-0.39, 0.29) is 23.1 Å². The van der Waals surface area contributed by atoms with Crippen LogP contribution in [-0.2, 0) is 4.79 Å². The summed E-state index contributed by atoms with van der Waals surface area (Å²) in [5.41, 5.74) is 6.18. The lowest BCUT2D eigenvalue weighted by Crippen LogP contribution is -2.24. The van der Waals surface area contributed by atoms with Gasteiger partial charge in [-0.3, -0.25) is 9.59 Å². The number of unbranched alkanes of at least 4 members (excludes halogenated alkanes) is 2. The predicted octanol–water partition coefficient (Wildman–Crippen LogP) is 2.63. The third kappa shape index (κ3) is 6.20. The van der Waals surface area contributed by atoms with E-state index >= 15 is 0 Å². The Hall–Kier alpha value is -2.08. The van der Waals surface area contributed by atoms with E-state index in [9.17, 15) is 14.7 Å². The van der Waals surface area contributed by atoms with Gasteiger partial charge < -0.3 is 21.5 Å². The van der Waals surface area contributed by atoms with Crippen LogP contribution in [0.1, 0.15) is 55.8 Å². The minimum absolute atomic E-state index is 0.0472. The van der Waals surface area contributed by atoms with Gasteiger partial charge in [0.05, 0.1) is 5.56 Å². The summed E-state index contributed by atoms with van der Waals surface area (Å²) in [6.45, 7) is 2.74. The number of amides is 2. The first-order chi connectivity index (χ1) is 11.5. The van der Waals surface area contributed by atoms with E-state index < -0.39 is 5.91 Å². The second-order valence-electron chi connectivity index (χ2n) is 5.92. The van der Waals surface area contributed by atoms with Crippen LogP contribution in [0, 0.1) is 5.92 Å². The van der Waals surface area contributed by atoms with Crippen LogP contribution in [0.4, 0.5) is 5.69 Å². The highest BCUT2D eigenvalue weighted by molar-refractivity contribution is 5.99. The molecular formula is C18H29N3O3. The highest BCUT2D eigenvalue weighted by Crippen LogP contribution is 2.23. The lowest BCUT2D eigenvalue weighted by Gasteiger charge is -2.17. The maximum atomic E-state index is 12.5. The van der Waals surface area contributed by atoms with Gasteiger partial charge in [0.25, 0.3) is 5.91 Å². The summed E-state index contributed by atoms with van der Waals surface area (Å²) >= 11 is 0. The average molecular weight is 335 g/mol. The van der Waals surface area contributed by atoms with Crippen molar-refractivity contribution in [2.24, 2.45) is 11.7 Å². The van der Waals surface area contributed by atoms with Crippen molar-refractivity contribution < 1.29 is 14.7 Å². The van der Waals surface area contributed by atoms with Gasteiger partial charge in [0.1, 0.15) is 5.75 Å². The predicted molar refractivity (Wildman–Crippen MR) is 96.0 cm³/mol. The summed E-state index contributed by atoms with van der Waals surface area (Å²) in [6.07, 6.45) is 5.53. The van der Waals surface area contributed by atoms with Crippen molar-refractivity contribution >= 4 is 17.5 Å². The molecule has 1 atom stereocenters. The van der Waals surface area contributed by atoms with Crippen LogP contribution in [-0.4, -0.2) is 30.5 Å². The zero-order valence-corrected chi connectivity index (χ0v) is 14.6. The molecule has 6 heteroatoms.